The number of nitrogens with two attached hydrogens (primary N) is 1. The Morgan fingerprint density at radius 2 is 1.71 bits per heavy atom. The lowest BCUT2D eigenvalue weighted by Gasteiger charge is -2.01. The van der Waals surface area contributed by atoms with Crippen molar-refractivity contribution in [2.24, 2.45) is 0 Å². The summed E-state index contributed by atoms with van der Waals surface area (Å²) in [5.74, 6) is -0.952. The predicted octanol–water partition coefficient (Wildman–Crippen LogP) is 2.82. The molecule has 0 radical (unpaired) electrons. The maximum absolute atomic E-state index is 10.8. The molecule has 0 aliphatic rings. The third-order valence-corrected chi connectivity index (χ3v) is 3.17. The minimum Gasteiger partial charge on any atom is -0.478 e. The van der Waals surface area contributed by atoms with Gasteiger partial charge in [0.05, 0.1) is 23.1 Å². The maximum Gasteiger partial charge on any atom is 0.335 e. The largest absolute Gasteiger partial charge is 0.478 e. The van der Waals surface area contributed by atoms with Gasteiger partial charge in [-0.25, -0.2) is 9.48 Å². The van der Waals surface area contributed by atoms with E-state index in [0.29, 0.717) is 11.4 Å². The second kappa shape index (κ2) is 5.13. The number of carbonyl (C=O) groups is 1. The fourth-order valence-electron chi connectivity index (χ4n) is 2.10. The van der Waals surface area contributed by atoms with Crippen molar-refractivity contribution in [3.05, 3.63) is 66.4 Å². The number of hydrogen-bond donors (Lipinski definition) is 2. The highest BCUT2D eigenvalue weighted by Crippen LogP contribution is 2.25. The van der Waals surface area contributed by atoms with Gasteiger partial charge in [-0.1, -0.05) is 30.3 Å². The van der Waals surface area contributed by atoms with Crippen molar-refractivity contribution in [2.75, 3.05) is 5.73 Å². The van der Waals surface area contributed by atoms with Gasteiger partial charge in [-0.15, -0.1) is 0 Å². The summed E-state index contributed by atoms with van der Waals surface area (Å²) in [6, 6.07) is 16.1. The van der Waals surface area contributed by atoms with Gasteiger partial charge in [0, 0.05) is 5.56 Å². The van der Waals surface area contributed by atoms with E-state index in [9.17, 15) is 4.79 Å². The lowest BCUT2D eigenvalue weighted by atomic mass is 10.1. The predicted molar refractivity (Wildman–Crippen MR) is 80.4 cm³/mol. The van der Waals surface area contributed by atoms with Crippen LogP contribution in [0.1, 0.15) is 10.4 Å². The van der Waals surface area contributed by atoms with E-state index in [2.05, 4.69) is 5.10 Å². The third-order valence-electron chi connectivity index (χ3n) is 3.17. The highest BCUT2D eigenvalue weighted by Gasteiger charge is 2.10. The summed E-state index contributed by atoms with van der Waals surface area (Å²) in [5, 5.41) is 13.4. The molecule has 0 aliphatic carbocycles. The molecule has 1 heterocycles. The quantitative estimate of drug-likeness (QED) is 0.772. The van der Waals surface area contributed by atoms with Crippen molar-refractivity contribution in [1.82, 2.24) is 9.78 Å². The third kappa shape index (κ3) is 2.49. The van der Waals surface area contributed by atoms with Crippen LogP contribution in [-0.4, -0.2) is 20.9 Å². The standard InChI is InChI=1S/C16H13N3O2/c17-14-10-19(13-8-6-12(7-9-13)16(20)21)18-15(14)11-4-2-1-3-5-11/h1-10H,17H2,(H,20,21). The minimum absolute atomic E-state index is 0.238. The van der Waals surface area contributed by atoms with Gasteiger partial charge in [-0.2, -0.15) is 5.10 Å². The maximum atomic E-state index is 10.8. The summed E-state index contributed by atoms with van der Waals surface area (Å²) in [5.41, 5.74) is 9.23. The summed E-state index contributed by atoms with van der Waals surface area (Å²) in [4.78, 5) is 10.8. The summed E-state index contributed by atoms with van der Waals surface area (Å²) in [6.45, 7) is 0. The van der Waals surface area contributed by atoms with E-state index >= 15 is 0 Å². The van der Waals surface area contributed by atoms with Crippen LogP contribution in [0, 0.1) is 0 Å². The van der Waals surface area contributed by atoms with E-state index < -0.39 is 5.97 Å². The van der Waals surface area contributed by atoms with Gasteiger partial charge in [0.25, 0.3) is 0 Å². The van der Waals surface area contributed by atoms with E-state index in [1.165, 1.54) is 12.1 Å². The molecular weight excluding hydrogens is 266 g/mol. The molecule has 21 heavy (non-hydrogen) atoms. The summed E-state index contributed by atoms with van der Waals surface area (Å²) in [7, 11) is 0. The number of nitrogen functional groups attached to an aromatic ring is 1. The van der Waals surface area contributed by atoms with Gasteiger partial charge in [-0.3, -0.25) is 0 Å². The normalized spacial score (nSPS) is 10.5. The van der Waals surface area contributed by atoms with Gasteiger partial charge in [0.1, 0.15) is 5.69 Å². The summed E-state index contributed by atoms with van der Waals surface area (Å²) < 4.78 is 1.64. The SMILES string of the molecule is Nc1cn(-c2ccc(C(=O)O)cc2)nc1-c1ccccc1. The molecule has 0 spiro atoms. The summed E-state index contributed by atoms with van der Waals surface area (Å²) >= 11 is 0. The Labute approximate surface area is 121 Å². The second-order valence-electron chi connectivity index (χ2n) is 4.60. The van der Waals surface area contributed by atoms with Crippen molar-refractivity contribution >= 4 is 11.7 Å². The van der Waals surface area contributed by atoms with Crippen LogP contribution in [0.3, 0.4) is 0 Å². The monoisotopic (exact) mass is 279 g/mol. The number of rotatable bonds is 3. The number of carboxylic acids is 1. The molecule has 3 aromatic rings. The molecule has 0 fully saturated rings. The van der Waals surface area contributed by atoms with Crippen molar-refractivity contribution in [3.8, 4) is 16.9 Å². The highest BCUT2D eigenvalue weighted by atomic mass is 16.4. The average Bonchev–Trinajstić information content (AvgIpc) is 2.90. The fourth-order valence-corrected chi connectivity index (χ4v) is 2.10. The Kier molecular flexibility index (Phi) is 3.16. The summed E-state index contributed by atoms with van der Waals surface area (Å²) in [6.07, 6.45) is 1.72. The molecule has 0 bridgehead atoms. The van der Waals surface area contributed by atoms with Crippen LogP contribution >= 0.6 is 0 Å². The number of carboxylic acid groups (broad SMARTS) is 1. The molecule has 0 saturated heterocycles. The fraction of sp³-hybridized carbons (Fsp3) is 0. The molecule has 0 atom stereocenters. The molecule has 3 rings (SSSR count). The van der Waals surface area contributed by atoms with E-state index in [0.717, 1.165) is 11.3 Å². The zero-order valence-corrected chi connectivity index (χ0v) is 11.1. The zero-order valence-electron chi connectivity index (χ0n) is 11.1. The number of aromatic nitrogens is 2. The highest BCUT2D eigenvalue weighted by molar-refractivity contribution is 5.87. The van der Waals surface area contributed by atoms with Crippen LogP contribution < -0.4 is 5.73 Å². The number of nitrogens with zero attached hydrogens (tertiary/aromatic N) is 2. The van der Waals surface area contributed by atoms with Gasteiger partial charge in [-0.05, 0) is 24.3 Å². The molecule has 0 unspecified atom stereocenters. The van der Waals surface area contributed by atoms with Gasteiger partial charge < -0.3 is 10.8 Å². The van der Waals surface area contributed by atoms with Crippen molar-refractivity contribution in [1.29, 1.82) is 0 Å². The minimum atomic E-state index is -0.952. The molecule has 2 aromatic carbocycles. The first-order valence-electron chi connectivity index (χ1n) is 6.39. The molecule has 104 valence electrons. The Morgan fingerprint density at radius 3 is 2.33 bits per heavy atom. The van der Waals surface area contributed by atoms with Crippen LogP contribution in [-0.2, 0) is 0 Å². The second-order valence-corrected chi connectivity index (χ2v) is 4.60. The smallest absolute Gasteiger partial charge is 0.335 e. The molecular formula is C16H13N3O2. The Balaban J connectivity index is 1.99. The molecule has 1 aromatic heterocycles. The molecule has 0 amide bonds. The Hall–Kier alpha value is -3.08. The van der Waals surface area contributed by atoms with Crippen LogP contribution in [0.15, 0.2) is 60.8 Å². The van der Waals surface area contributed by atoms with Crippen molar-refractivity contribution < 1.29 is 9.90 Å². The Morgan fingerprint density at radius 1 is 1.05 bits per heavy atom. The van der Waals surface area contributed by atoms with Crippen molar-refractivity contribution in [2.45, 2.75) is 0 Å². The molecule has 0 saturated carbocycles. The number of hydrogen-bond acceptors (Lipinski definition) is 3. The molecule has 3 N–H and O–H groups in total. The van der Waals surface area contributed by atoms with Crippen LogP contribution in [0.4, 0.5) is 5.69 Å². The van der Waals surface area contributed by atoms with E-state index in [-0.39, 0.29) is 5.56 Å². The first-order valence-corrected chi connectivity index (χ1v) is 6.39. The first-order chi connectivity index (χ1) is 10.1. The number of anilines is 1. The lowest BCUT2D eigenvalue weighted by molar-refractivity contribution is 0.0697. The van der Waals surface area contributed by atoms with Crippen LogP contribution in [0.25, 0.3) is 16.9 Å². The van der Waals surface area contributed by atoms with Gasteiger partial charge >= 0.3 is 5.97 Å². The molecule has 0 aliphatic heterocycles. The van der Waals surface area contributed by atoms with Gasteiger partial charge in [0.2, 0.25) is 0 Å². The topological polar surface area (TPSA) is 81.1 Å². The van der Waals surface area contributed by atoms with E-state index in [1.807, 2.05) is 30.3 Å². The van der Waals surface area contributed by atoms with Crippen LogP contribution in [0.5, 0.6) is 0 Å². The average molecular weight is 279 g/mol. The first kappa shape index (κ1) is 12.9. The van der Waals surface area contributed by atoms with E-state index in [4.69, 9.17) is 10.8 Å². The van der Waals surface area contributed by atoms with E-state index in [1.54, 1.807) is 23.0 Å². The number of aromatic carboxylic acids is 1. The number of benzene rings is 2. The van der Waals surface area contributed by atoms with Crippen LogP contribution in [0.2, 0.25) is 0 Å². The van der Waals surface area contributed by atoms with Crippen molar-refractivity contribution in [3.63, 3.8) is 0 Å². The van der Waals surface area contributed by atoms with Gasteiger partial charge in [0.15, 0.2) is 0 Å². The molecule has 5 heteroatoms. The molecule has 5 nitrogen and oxygen atoms in total. The lowest BCUT2D eigenvalue weighted by Crippen LogP contribution is -1.98. The zero-order chi connectivity index (χ0) is 14.8. The Bertz CT molecular complexity index is 777.